The molecule has 466 valence electrons. The van der Waals surface area contributed by atoms with Gasteiger partial charge in [-0.05, 0) is 132 Å². The third-order valence-corrected chi connectivity index (χ3v) is 18.5. The second-order valence-corrected chi connectivity index (χ2v) is 24.4. The van der Waals surface area contributed by atoms with Gasteiger partial charge in [-0.1, -0.05) is 55.7 Å². The van der Waals surface area contributed by atoms with E-state index in [4.69, 9.17) is 14.5 Å². The van der Waals surface area contributed by atoms with Gasteiger partial charge in [0.2, 0.25) is 23.6 Å². The lowest BCUT2D eigenvalue weighted by molar-refractivity contribution is -0.143. The number of aryl methyl sites for hydroxylation is 2. The summed E-state index contributed by atoms with van der Waals surface area (Å²) in [7, 11) is 4.70. The average Bonchev–Trinajstić information content (AvgIpc) is 1.58. The summed E-state index contributed by atoms with van der Waals surface area (Å²) in [5.41, 5.74) is 6.81. The highest BCUT2D eigenvalue weighted by Gasteiger charge is 2.45. The molecule has 2 saturated carbocycles. The van der Waals surface area contributed by atoms with Gasteiger partial charge in [0.15, 0.2) is 0 Å². The van der Waals surface area contributed by atoms with Crippen molar-refractivity contribution in [2.75, 3.05) is 40.5 Å². The minimum absolute atomic E-state index is 0.00154. The number of nitrogens with one attached hydrogen (secondary N) is 7. The molecular formula is C65H80FN13O9. The molecule has 3 aliphatic carbocycles. The number of methoxy groups -OCH3 is 1. The normalized spacial score (nSPS) is 20.3. The number of carbonyl (C=O) groups is 6. The summed E-state index contributed by atoms with van der Waals surface area (Å²) in [5, 5.41) is 24.1. The zero-order valence-electron chi connectivity index (χ0n) is 50.9. The molecule has 6 amide bonds. The summed E-state index contributed by atoms with van der Waals surface area (Å²) in [6.45, 7) is 5.95. The predicted molar refractivity (Wildman–Crippen MR) is 331 cm³/mol. The van der Waals surface area contributed by atoms with Crippen LogP contribution in [0.15, 0.2) is 77.9 Å². The van der Waals surface area contributed by atoms with Gasteiger partial charge in [-0.3, -0.25) is 37.8 Å². The van der Waals surface area contributed by atoms with Crippen LogP contribution in [0.2, 0.25) is 0 Å². The highest BCUT2D eigenvalue weighted by molar-refractivity contribution is 6.15. The highest BCUT2D eigenvalue weighted by Crippen LogP contribution is 2.44. The fourth-order valence-corrected chi connectivity index (χ4v) is 13.8. The molecule has 0 bridgehead atoms. The Balaban J connectivity index is 0.756. The number of carbonyl (C=O) groups excluding carboxylic acids is 6. The second kappa shape index (κ2) is 26.5. The smallest absolute Gasteiger partial charge is 0.407 e. The summed E-state index contributed by atoms with van der Waals surface area (Å²) < 4.78 is 32.4. The fourth-order valence-electron chi connectivity index (χ4n) is 13.8. The van der Waals surface area contributed by atoms with E-state index in [2.05, 4.69) is 61.9 Å². The standard InChI is InChI=1S/C65H80FN13O9/c1-36(2)79-50-24-20-40(29-42(50)33-70-79)54-55-58-52(76(5)65(86)78(58)45-22-21-43(31-45)72-64(85)87-6)34-69-59(55)74-56(54)41-19-23-47(48(66)30-41)61(82)68-26-28-88-27-25-53(80)71-44-32-51(62(83)73-49-18-12-16-38-13-10-11-17-46(38)49)77(35-44)63(84)57(39-14-8-7-9-15-39)75-60(81)37(3)67-4/h10-11,13,17,19-20,23-24,29-30,33-34,36-37,39,43-45,49,51,57,67H,7-9,12,14-16,18,21-22,25-28,31-32,35H2,1-6H3,(H,68,82)(H,69,74)(H,71,80)(H,72,85)(H,73,83)(H,75,81)/t37-,43+,44-,45+,49+,51-,57-/m0/s1. The van der Waals surface area contributed by atoms with Crippen LogP contribution < -0.4 is 37.6 Å². The first-order valence-corrected chi connectivity index (χ1v) is 31.1. The maximum absolute atomic E-state index is 16.5. The van der Waals surface area contributed by atoms with Gasteiger partial charge in [0, 0.05) is 67.2 Å². The van der Waals surface area contributed by atoms with Crippen LogP contribution in [0.25, 0.3) is 55.4 Å². The minimum atomic E-state index is -0.887. The number of nitrogens with zero attached hydrogens (tertiary/aromatic N) is 6. The van der Waals surface area contributed by atoms with E-state index >= 15 is 4.39 Å². The number of fused-ring (bicyclic) bond motifs is 5. The summed E-state index contributed by atoms with van der Waals surface area (Å²) in [5.74, 6) is -2.83. The molecule has 5 heterocycles. The molecule has 7 atom stereocenters. The minimum Gasteiger partial charge on any atom is -0.453 e. The van der Waals surface area contributed by atoms with Crippen LogP contribution in [-0.4, -0.2) is 140 Å². The Morgan fingerprint density at radius 3 is 2.41 bits per heavy atom. The quantitative estimate of drug-likeness (QED) is 0.0375. The molecule has 22 nitrogen and oxygen atoms in total. The molecule has 88 heavy (non-hydrogen) atoms. The summed E-state index contributed by atoms with van der Waals surface area (Å²) in [6, 6.07) is 15.0. The maximum atomic E-state index is 16.5. The maximum Gasteiger partial charge on any atom is 0.407 e. The van der Waals surface area contributed by atoms with E-state index in [1.807, 2.05) is 41.1 Å². The molecule has 4 aliphatic rings. The lowest BCUT2D eigenvalue weighted by Gasteiger charge is -2.35. The highest BCUT2D eigenvalue weighted by atomic mass is 19.1. The number of likely N-dealkylation sites (tertiary alicyclic amines) is 1. The molecule has 11 rings (SSSR count). The number of alkyl carbamates (subject to hydrolysis) is 1. The summed E-state index contributed by atoms with van der Waals surface area (Å²) in [4.78, 5) is 106. The van der Waals surface area contributed by atoms with Gasteiger partial charge in [0.05, 0.1) is 78.0 Å². The van der Waals surface area contributed by atoms with Gasteiger partial charge >= 0.3 is 11.8 Å². The Hall–Kier alpha value is -8.44. The number of likely N-dealkylation sites (N-methyl/N-ethyl adjacent to an activating group) is 1. The Kier molecular flexibility index (Phi) is 18.4. The van der Waals surface area contributed by atoms with Gasteiger partial charge in [-0.2, -0.15) is 5.10 Å². The molecule has 0 unspecified atom stereocenters. The van der Waals surface area contributed by atoms with Crippen LogP contribution in [0.4, 0.5) is 9.18 Å². The van der Waals surface area contributed by atoms with Crippen molar-refractivity contribution in [3.8, 4) is 22.4 Å². The van der Waals surface area contributed by atoms with E-state index in [0.29, 0.717) is 58.2 Å². The first kappa shape index (κ1) is 61.2. The van der Waals surface area contributed by atoms with Crippen molar-refractivity contribution < 1.29 is 42.6 Å². The van der Waals surface area contributed by atoms with E-state index in [0.717, 1.165) is 73.4 Å². The number of aromatic nitrogens is 6. The van der Waals surface area contributed by atoms with Crippen LogP contribution in [0.5, 0.6) is 0 Å². The Morgan fingerprint density at radius 2 is 1.64 bits per heavy atom. The van der Waals surface area contributed by atoms with E-state index < -0.39 is 42.0 Å². The molecule has 1 saturated heterocycles. The molecular weight excluding hydrogens is 1130 g/mol. The SMILES string of the molecule is CN[C@@H](C)C(=O)N[C@H](C(=O)N1C[C@@H](NC(=O)CCOCCNC(=O)c2ccc(-c3[nH]c4ncc5c(c4c3-c3ccc4c(cnn4C(C)C)c3)n([C@@H]3CC[C@@H](NC(=O)OC)C3)c(=O)n5C)cc2F)C[C@H]1C(=O)N[C@@H]1CCCc2ccccc21)C1CCCCC1. The molecule has 3 fully saturated rings. The molecule has 23 heteroatoms. The van der Waals surface area contributed by atoms with E-state index in [9.17, 15) is 33.6 Å². The van der Waals surface area contributed by atoms with Gasteiger partial charge in [-0.25, -0.2) is 19.0 Å². The fraction of sp³-hybridized carbons (Fsp3) is 0.492. The molecule has 0 spiro atoms. The largest absolute Gasteiger partial charge is 0.453 e. The Bertz CT molecular complexity index is 3840. The lowest BCUT2D eigenvalue weighted by atomic mass is 9.83. The van der Waals surface area contributed by atoms with Crippen LogP contribution in [0.3, 0.4) is 0 Å². The Labute approximate surface area is 509 Å². The summed E-state index contributed by atoms with van der Waals surface area (Å²) >= 11 is 0. The first-order valence-electron chi connectivity index (χ1n) is 31.1. The van der Waals surface area contributed by atoms with Gasteiger partial charge < -0.3 is 51.3 Å². The van der Waals surface area contributed by atoms with Gasteiger partial charge in [0.25, 0.3) is 5.91 Å². The second-order valence-electron chi connectivity index (χ2n) is 24.4. The van der Waals surface area contributed by atoms with Crippen molar-refractivity contribution in [3.05, 3.63) is 106 Å². The Morgan fingerprint density at radius 1 is 0.841 bits per heavy atom. The number of benzene rings is 3. The van der Waals surface area contributed by atoms with Crippen molar-refractivity contribution in [1.82, 2.24) is 65.7 Å². The number of ether oxygens (including phenoxy) is 2. The van der Waals surface area contributed by atoms with Crippen LogP contribution in [-0.2, 0) is 42.1 Å². The number of pyridine rings is 1. The number of aromatic amines is 1. The number of H-pyrrole nitrogens is 1. The predicted octanol–water partition coefficient (Wildman–Crippen LogP) is 7.16. The summed E-state index contributed by atoms with van der Waals surface area (Å²) in [6.07, 6.45) is 11.9. The molecule has 7 aromatic rings. The zero-order valence-corrected chi connectivity index (χ0v) is 50.9. The monoisotopic (exact) mass is 1210 g/mol. The molecule has 3 aromatic carbocycles. The van der Waals surface area contributed by atoms with Crippen molar-refractivity contribution in [2.45, 2.75) is 153 Å². The lowest BCUT2D eigenvalue weighted by Crippen LogP contribution is -2.58. The van der Waals surface area contributed by atoms with Crippen molar-refractivity contribution >= 4 is 68.6 Å². The molecule has 7 N–H and O–H groups in total. The van der Waals surface area contributed by atoms with Crippen LogP contribution in [0.1, 0.15) is 137 Å². The van der Waals surface area contributed by atoms with E-state index in [1.54, 1.807) is 53.5 Å². The van der Waals surface area contributed by atoms with Crippen LogP contribution in [0, 0.1) is 11.7 Å². The molecule has 4 aromatic heterocycles. The van der Waals surface area contributed by atoms with Gasteiger partial charge in [0.1, 0.15) is 23.5 Å². The zero-order chi connectivity index (χ0) is 61.9. The number of hydrogen-bond acceptors (Lipinski definition) is 12. The number of rotatable bonds is 20. The molecule has 0 radical (unpaired) electrons. The van der Waals surface area contributed by atoms with E-state index in [1.165, 1.54) is 24.8 Å². The van der Waals surface area contributed by atoms with Crippen molar-refractivity contribution in [2.24, 2.45) is 13.0 Å². The van der Waals surface area contributed by atoms with E-state index in [-0.39, 0.29) is 104 Å². The van der Waals surface area contributed by atoms with Crippen molar-refractivity contribution in [1.29, 1.82) is 0 Å². The topological polar surface area (TPSA) is 270 Å². The van der Waals surface area contributed by atoms with Crippen molar-refractivity contribution in [3.63, 3.8) is 0 Å². The third-order valence-electron chi connectivity index (χ3n) is 18.5. The third kappa shape index (κ3) is 12.5. The van der Waals surface area contributed by atoms with Gasteiger partial charge in [-0.15, -0.1) is 0 Å². The number of imidazole rings is 1. The number of amides is 6. The number of halogens is 1. The first-order chi connectivity index (χ1) is 42.5. The average molecular weight is 1210 g/mol. The molecule has 1 aliphatic heterocycles. The number of hydrogen-bond donors (Lipinski definition) is 7. The van der Waals surface area contributed by atoms with Crippen LogP contribution >= 0.6 is 0 Å².